The zero-order valence-corrected chi connectivity index (χ0v) is 20.2. The third-order valence-corrected chi connectivity index (χ3v) is 5.90. The van der Waals surface area contributed by atoms with E-state index in [0.717, 1.165) is 5.56 Å². The van der Waals surface area contributed by atoms with Crippen LogP contribution < -0.4 is 10.9 Å². The highest BCUT2D eigenvalue weighted by Gasteiger charge is 2.29. The van der Waals surface area contributed by atoms with Gasteiger partial charge in [0.15, 0.2) is 5.65 Å². The zero-order chi connectivity index (χ0) is 24.8. The van der Waals surface area contributed by atoms with E-state index >= 15 is 0 Å². The minimum absolute atomic E-state index is 0.180. The molecule has 9 nitrogen and oxygen atoms in total. The number of fused-ring (bicyclic) bond motifs is 1. The number of aryl methyl sites for hydroxylation is 1. The van der Waals surface area contributed by atoms with Crippen LogP contribution in [-0.4, -0.2) is 55.4 Å². The number of amides is 1. The molecular formula is C26H29N7O2. The lowest BCUT2D eigenvalue weighted by Crippen LogP contribution is -2.42. The topological polar surface area (TPSA) is 106 Å². The fourth-order valence-electron chi connectivity index (χ4n) is 4.09. The predicted molar refractivity (Wildman–Crippen MR) is 134 cm³/mol. The van der Waals surface area contributed by atoms with Gasteiger partial charge in [0.2, 0.25) is 0 Å². The molecule has 9 heteroatoms. The Hall–Kier alpha value is -3.98. The summed E-state index contributed by atoms with van der Waals surface area (Å²) in [4.78, 5) is 46.6. The minimum Gasteiger partial charge on any atom is -0.327 e. The van der Waals surface area contributed by atoms with Crippen molar-refractivity contribution in [3.05, 3.63) is 94.2 Å². The molecular weight excluding hydrogens is 442 g/mol. The van der Waals surface area contributed by atoms with Crippen LogP contribution in [0.25, 0.3) is 11.0 Å². The monoisotopic (exact) mass is 471 g/mol. The number of pyridine rings is 1. The van der Waals surface area contributed by atoms with E-state index in [-0.39, 0.29) is 11.5 Å². The summed E-state index contributed by atoms with van der Waals surface area (Å²) in [6.45, 7) is 5.09. The molecule has 1 amide bonds. The van der Waals surface area contributed by atoms with Gasteiger partial charge in [-0.2, -0.15) is 0 Å². The summed E-state index contributed by atoms with van der Waals surface area (Å²) >= 11 is 0. The minimum atomic E-state index is -0.458. The molecule has 1 unspecified atom stereocenters. The molecule has 0 bridgehead atoms. The van der Waals surface area contributed by atoms with Gasteiger partial charge in [-0.1, -0.05) is 37.3 Å². The smallest absolute Gasteiger partial charge is 0.263 e. The van der Waals surface area contributed by atoms with Crippen LogP contribution in [0.1, 0.15) is 47.0 Å². The van der Waals surface area contributed by atoms with E-state index in [1.54, 1.807) is 34.7 Å². The molecule has 1 N–H and O–H groups in total. The summed E-state index contributed by atoms with van der Waals surface area (Å²) in [5.41, 5.74) is 1.55. The van der Waals surface area contributed by atoms with E-state index < -0.39 is 6.04 Å². The molecule has 4 aromatic rings. The molecule has 0 radical (unpaired) electrons. The van der Waals surface area contributed by atoms with Gasteiger partial charge in [-0.05, 0) is 38.1 Å². The fraction of sp³-hybridized carbons (Fsp3) is 0.308. The number of nitrogens with one attached hydrogen (secondary N) is 1. The molecule has 0 fully saturated rings. The lowest BCUT2D eigenvalue weighted by atomic mass is 10.1. The number of benzene rings is 1. The van der Waals surface area contributed by atoms with Crippen molar-refractivity contribution in [2.45, 2.75) is 32.9 Å². The van der Waals surface area contributed by atoms with Gasteiger partial charge in [-0.15, -0.1) is 0 Å². The summed E-state index contributed by atoms with van der Waals surface area (Å²) in [5.74, 6) is 0.883. The third kappa shape index (κ3) is 5.25. The highest BCUT2D eigenvalue weighted by molar-refractivity contribution is 5.94. The Morgan fingerprint density at radius 3 is 2.51 bits per heavy atom. The van der Waals surface area contributed by atoms with E-state index in [1.165, 1.54) is 12.4 Å². The molecule has 0 aliphatic heterocycles. The van der Waals surface area contributed by atoms with Crippen LogP contribution in [0.3, 0.4) is 0 Å². The molecule has 3 aromatic heterocycles. The van der Waals surface area contributed by atoms with Gasteiger partial charge < -0.3 is 10.2 Å². The van der Waals surface area contributed by atoms with Crippen molar-refractivity contribution < 1.29 is 4.79 Å². The number of hydrogen-bond acceptors (Lipinski definition) is 7. The van der Waals surface area contributed by atoms with Crippen LogP contribution >= 0.6 is 0 Å². The Labute approximate surface area is 203 Å². The number of carbonyl (C=O) groups excluding carboxylic acids is 1. The second-order valence-electron chi connectivity index (χ2n) is 8.27. The van der Waals surface area contributed by atoms with Crippen molar-refractivity contribution in [3.8, 4) is 0 Å². The Morgan fingerprint density at radius 2 is 1.83 bits per heavy atom. The van der Waals surface area contributed by atoms with Crippen LogP contribution in [0.2, 0.25) is 0 Å². The van der Waals surface area contributed by atoms with Crippen molar-refractivity contribution >= 4 is 16.9 Å². The van der Waals surface area contributed by atoms with E-state index in [1.807, 2.05) is 44.3 Å². The summed E-state index contributed by atoms with van der Waals surface area (Å²) in [7, 11) is 1.84. The number of nitrogens with zero attached hydrogens (tertiary/aromatic N) is 6. The van der Waals surface area contributed by atoms with Crippen LogP contribution in [-0.2, 0) is 6.54 Å². The van der Waals surface area contributed by atoms with E-state index in [4.69, 9.17) is 4.98 Å². The van der Waals surface area contributed by atoms with E-state index in [0.29, 0.717) is 54.3 Å². The molecule has 0 aliphatic rings. The van der Waals surface area contributed by atoms with Gasteiger partial charge in [0.05, 0.1) is 23.5 Å². The van der Waals surface area contributed by atoms with Gasteiger partial charge in [0.1, 0.15) is 11.6 Å². The molecule has 0 aliphatic carbocycles. The van der Waals surface area contributed by atoms with Crippen molar-refractivity contribution in [2.24, 2.45) is 0 Å². The molecule has 3 heterocycles. The molecule has 0 spiro atoms. The van der Waals surface area contributed by atoms with Gasteiger partial charge in [-0.25, -0.2) is 19.9 Å². The highest BCUT2D eigenvalue weighted by atomic mass is 16.2. The first kappa shape index (κ1) is 24.2. The van der Waals surface area contributed by atoms with Crippen molar-refractivity contribution in [1.82, 2.24) is 34.7 Å². The normalized spacial score (nSPS) is 12.0. The zero-order valence-electron chi connectivity index (χ0n) is 20.2. The van der Waals surface area contributed by atoms with E-state index in [2.05, 4.69) is 20.3 Å². The maximum Gasteiger partial charge on any atom is 0.263 e. The summed E-state index contributed by atoms with van der Waals surface area (Å²) in [5, 5.41) is 3.56. The first-order chi connectivity index (χ1) is 17.0. The lowest BCUT2D eigenvalue weighted by Gasteiger charge is -2.32. The van der Waals surface area contributed by atoms with Crippen molar-refractivity contribution in [2.75, 3.05) is 20.1 Å². The Balaban J connectivity index is 1.86. The molecule has 0 saturated heterocycles. The molecule has 180 valence electrons. The van der Waals surface area contributed by atoms with Gasteiger partial charge in [0.25, 0.3) is 11.5 Å². The summed E-state index contributed by atoms with van der Waals surface area (Å²) in [6, 6.07) is 12.8. The summed E-state index contributed by atoms with van der Waals surface area (Å²) < 4.78 is 1.67. The first-order valence-corrected chi connectivity index (χ1v) is 11.7. The molecule has 0 saturated carbocycles. The Kier molecular flexibility index (Phi) is 7.57. The largest absolute Gasteiger partial charge is 0.327 e. The summed E-state index contributed by atoms with van der Waals surface area (Å²) in [6.07, 6.45) is 5.25. The average Bonchev–Trinajstić information content (AvgIpc) is 2.89. The predicted octanol–water partition coefficient (Wildman–Crippen LogP) is 2.75. The van der Waals surface area contributed by atoms with Gasteiger partial charge >= 0.3 is 0 Å². The van der Waals surface area contributed by atoms with Crippen LogP contribution in [0.5, 0.6) is 0 Å². The quantitative estimate of drug-likeness (QED) is 0.400. The van der Waals surface area contributed by atoms with Crippen LogP contribution in [0.4, 0.5) is 0 Å². The van der Waals surface area contributed by atoms with Gasteiger partial charge in [-0.3, -0.25) is 14.2 Å². The highest BCUT2D eigenvalue weighted by Crippen LogP contribution is 2.25. The Bertz CT molecular complexity index is 1350. The fourth-order valence-corrected chi connectivity index (χ4v) is 4.09. The second-order valence-corrected chi connectivity index (χ2v) is 8.27. The molecule has 1 atom stereocenters. The number of rotatable bonds is 9. The van der Waals surface area contributed by atoms with E-state index in [9.17, 15) is 9.59 Å². The van der Waals surface area contributed by atoms with Crippen molar-refractivity contribution in [1.29, 1.82) is 0 Å². The van der Waals surface area contributed by atoms with Gasteiger partial charge in [0, 0.05) is 31.7 Å². The van der Waals surface area contributed by atoms with Crippen molar-refractivity contribution in [3.63, 3.8) is 0 Å². The third-order valence-electron chi connectivity index (χ3n) is 5.90. The standard InChI is InChI=1S/C26H29N7O2/c1-4-22(32(14-13-27-3)25(34)20-15-29-18(2)30-16-20)24-31-23-21(11-8-12-28-23)26(35)33(24)17-19-9-6-5-7-10-19/h5-12,15-16,22,27H,4,13-14,17H2,1-3H3. The maximum atomic E-state index is 13.6. The average molecular weight is 472 g/mol. The Morgan fingerprint density at radius 1 is 1.09 bits per heavy atom. The van der Waals surface area contributed by atoms with Crippen LogP contribution in [0.15, 0.2) is 65.8 Å². The molecule has 35 heavy (non-hydrogen) atoms. The number of likely N-dealkylation sites (N-methyl/N-ethyl adjacent to an activating group) is 1. The second kappa shape index (κ2) is 11.0. The lowest BCUT2D eigenvalue weighted by molar-refractivity contribution is 0.0659. The molecule has 1 aromatic carbocycles. The SMILES string of the molecule is CCC(c1nc2ncccc2c(=O)n1Cc1ccccc1)N(CCNC)C(=O)c1cnc(C)nc1. The number of hydrogen-bond donors (Lipinski definition) is 1. The number of carbonyl (C=O) groups is 1. The first-order valence-electron chi connectivity index (χ1n) is 11.7. The number of aromatic nitrogens is 5. The van der Waals surface area contributed by atoms with Crippen LogP contribution in [0, 0.1) is 6.92 Å². The maximum absolute atomic E-state index is 13.6. The molecule has 4 rings (SSSR count).